The number of guanidine groups is 1. The van der Waals surface area contributed by atoms with Crippen molar-refractivity contribution in [2.75, 3.05) is 19.6 Å². The van der Waals surface area contributed by atoms with Gasteiger partial charge in [-0.1, -0.05) is 43.2 Å². The van der Waals surface area contributed by atoms with Gasteiger partial charge in [-0.3, -0.25) is 9.79 Å². The van der Waals surface area contributed by atoms with E-state index >= 15 is 0 Å². The molecule has 0 aromatic heterocycles. The molecule has 8 nitrogen and oxygen atoms in total. The number of hydrogen-bond acceptors (Lipinski definition) is 4. The monoisotopic (exact) mass is 473 g/mol. The minimum atomic E-state index is -3.90. The van der Waals surface area contributed by atoms with Crippen molar-refractivity contribution < 1.29 is 13.2 Å². The largest absolute Gasteiger partial charge is 0.370 e. The summed E-state index contributed by atoms with van der Waals surface area (Å²) in [6, 6.07) is 10.0. The number of nitrogens with zero attached hydrogens (tertiary/aromatic N) is 2. The van der Waals surface area contributed by atoms with Crippen molar-refractivity contribution in [3.05, 3.63) is 42.0 Å². The lowest BCUT2D eigenvalue weighted by Crippen LogP contribution is -2.50. The van der Waals surface area contributed by atoms with Gasteiger partial charge in [-0.2, -0.15) is 4.72 Å². The second-order valence-corrected chi connectivity index (χ2v) is 10.5. The molecule has 1 aliphatic rings. The Morgan fingerprint density at radius 2 is 1.82 bits per heavy atom. The predicted octanol–water partition coefficient (Wildman–Crippen LogP) is 2.50. The Hall–Kier alpha value is -2.65. The first-order valence-corrected chi connectivity index (χ1v) is 13.0. The van der Waals surface area contributed by atoms with E-state index in [1.54, 1.807) is 23.1 Å². The number of aryl methyl sites for hydroxylation is 1. The number of rotatable bonds is 9. The number of carbonyl (C=O) groups excluding carboxylic acids is 1. The van der Waals surface area contributed by atoms with Crippen LogP contribution >= 0.6 is 0 Å². The summed E-state index contributed by atoms with van der Waals surface area (Å²) in [6.07, 6.45) is 3.78. The highest BCUT2D eigenvalue weighted by Crippen LogP contribution is 2.23. The highest BCUT2D eigenvalue weighted by Gasteiger charge is 2.31. The maximum atomic E-state index is 13.3. The van der Waals surface area contributed by atoms with Crippen LogP contribution in [-0.4, -0.2) is 50.9 Å². The van der Waals surface area contributed by atoms with Gasteiger partial charge in [0.25, 0.3) is 0 Å². The predicted molar refractivity (Wildman–Crippen MR) is 132 cm³/mol. The van der Waals surface area contributed by atoms with Gasteiger partial charge in [-0.25, -0.2) is 8.42 Å². The van der Waals surface area contributed by atoms with E-state index in [0.717, 1.165) is 35.6 Å². The van der Waals surface area contributed by atoms with Crippen LogP contribution in [0.4, 0.5) is 0 Å². The van der Waals surface area contributed by atoms with Gasteiger partial charge >= 0.3 is 0 Å². The molecule has 5 N–H and O–H groups in total. The van der Waals surface area contributed by atoms with Crippen molar-refractivity contribution in [1.29, 1.82) is 0 Å². The molecular formula is C24H35N5O3S. The molecule has 0 bridgehead atoms. The van der Waals surface area contributed by atoms with Gasteiger partial charge in [-0.05, 0) is 61.4 Å². The number of aliphatic imine (C=N–C) groups is 1. The molecule has 0 radical (unpaired) electrons. The smallest absolute Gasteiger partial charge is 0.241 e. The normalized spacial score (nSPS) is 16.0. The van der Waals surface area contributed by atoms with Crippen LogP contribution < -0.4 is 16.2 Å². The van der Waals surface area contributed by atoms with Crippen LogP contribution in [-0.2, 0) is 14.8 Å². The number of hydrogen-bond donors (Lipinski definition) is 3. The zero-order valence-electron chi connectivity index (χ0n) is 19.5. The average Bonchev–Trinajstić information content (AvgIpc) is 2.80. The van der Waals surface area contributed by atoms with Crippen LogP contribution in [0.3, 0.4) is 0 Å². The molecule has 1 saturated heterocycles. The molecule has 33 heavy (non-hydrogen) atoms. The number of benzene rings is 2. The second-order valence-electron chi connectivity index (χ2n) is 8.81. The van der Waals surface area contributed by atoms with E-state index in [0.29, 0.717) is 38.4 Å². The molecule has 9 heteroatoms. The topological polar surface area (TPSA) is 131 Å². The molecule has 0 aliphatic carbocycles. The molecule has 1 heterocycles. The Bertz CT molecular complexity index is 1100. The number of likely N-dealkylation sites (tertiary alicyclic amines) is 1. The minimum absolute atomic E-state index is 0.0218. The van der Waals surface area contributed by atoms with Crippen molar-refractivity contribution in [2.24, 2.45) is 22.4 Å². The molecular weight excluding hydrogens is 438 g/mol. The molecule has 2 aromatic carbocycles. The number of nitrogens with one attached hydrogen (secondary N) is 1. The van der Waals surface area contributed by atoms with Gasteiger partial charge in [0.15, 0.2) is 5.96 Å². The fourth-order valence-corrected chi connectivity index (χ4v) is 5.54. The Labute approximate surface area is 196 Å². The Morgan fingerprint density at radius 3 is 2.48 bits per heavy atom. The minimum Gasteiger partial charge on any atom is -0.370 e. The number of fused-ring (bicyclic) bond motifs is 1. The molecule has 0 spiro atoms. The van der Waals surface area contributed by atoms with Crippen molar-refractivity contribution in [3.8, 4) is 0 Å². The van der Waals surface area contributed by atoms with Crippen molar-refractivity contribution >= 4 is 32.7 Å². The summed E-state index contributed by atoms with van der Waals surface area (Å²) in [6.45, 7) is 5.79. The molecule has 1 unspecified atom stereocenters. The third-order valence-electron chi connectivity index (χ3n) is 6.32. The van der Waals surface area contributed by atoms with Crippen LogP contribution in [0.2, 0.25) is 0 Å². The zero-order chi connectivity index (χ0) is 24.0. The summed E-state index contributed by atoms with van der Waals surface area (Å²) < 4.78 is 29.1. The number of sulfonamides is 1. The maximum absolute atomic E-state index is 13.3. The summed E-state index contributed by atoms with van der Waals surface area (Å²) in [5.41, 5.74) is 11.9. The quantitative estimate of drug-likeness (QED) is 0.293. The fraction of sp³-hybridized carbons (Fsp3) is 0.500. The molecule has 2 aromatic rings. The van der Waals surface area contributed by atoms with E-state index in [-0.39, 0.29) is 16.8 Å². The highest BCUT2D eigenvalue weighted by atomic mass is 32.2. The van der Waals surface area contributed by atoms with E-state index in [9.17, 15) is 13.2 Å². The van der Waals surface area contributed by atoms with Crippen LogP contribution in [0.25, 0.3) is 10.8 Å². The lowest BCUT2D eigenvalue weighted by molar-refractivity contribution is -0.134. The molecule has 3 rings (SSSR count). The molecule has 1 fully saturated rings. The van der Waals surface area contributed by atoms with Gasteiger partial charge < -0.3 is 16.4 Å². The van der Waals surface area contributed by atoms with E-state index in [1.807, 2.05) is 25.1 Å². The number of amides is 1. The summed E-state index contributed by atoms with van der Waals surface area (Å²) in [7, 11) is -3.90. The molecule has 1 aliphatic heterocycles. The van der Waals surface area contributed by atoms with Crippen molar-refractivity contribution in [3.63, 3.8) is 0 Å². The van der Waals surface area contributed by atoms with Gasteiger partial charge in [0.1, 0.15) is 6.04 Å². The SMILES string of the molecule is CCC1CCN(C(=O)C(CCCN=C(N)N)NS(=O)(=O)c2ccc3cc(C)ccc3c2)CC1. The lowest BCUT2D eigenvalue weighted by Gasteiger charge is -2.34. The first kappa shape index (κ1) is 25.0. The standard InChI is InChI=1S/C24H35N5O3S/c1-3-18-10-13-29(14-11-18)23(30)22(5-4-12-27-24(25)26)28-33(31,32)21-9-8-19-15-17(2)6-7-20(19)16-21/h6-9,15-16,18,22,28H,3-5,10-14H2,1-2H3,(H4,25,26,27). The van der Waals surface area contributed by atoms with Gasteiger partial charge in [-0.15, -0.1) is 0 Å². The number of carbonyl (C=O) groups is 1. The van der Waals surface area contributed by atoms with E-state index in [1.165, 1.54) is 0 Å². The average molecular weight is 474 g/mol. The van der Waals surface area contributed by atoms with E-state index in [4.69, 9.17) is 11.5 Å². The number of piperidine rings is 1. The first-order chi connectivity index (χ1) is 15.7. The summed E-state index contributed by atoms with van der Waals surface area (Å²) in [4.78, 5) is 19.2. The van der Waals surface area contributed by atoms with Crippen LogP contribution in [0, 0.1) is 12.8 Å². The molecule has 180 valence electrons. The van der Waals surface area contributed by atoms with Crippen LogP contribution in [0.5, 0.6) is 0 Å². The molecule has 0 saturated carbocycles. The van der Waals surface area contributed by atoms with E-state index in [2.05, 4.69) is 16.6 Å². The lowest BCUT2D eigenvalue weighted by atomic mass is 9.94. The van der Waals surface area contributed by atoms with Crippen molar-refractivity contribution in [1.82, 2.24) is 9.62 Å². The highest BCUT2D eigenvalue weighted by molar-refractivity contribution is 7.89. The summed E-state index contributed by atoms with van der Waals surface area (Å²) in [5, 5.41) is 1.80. The van der Waals surface area contributed by atoms with Gasteiger partial charge in [0.05, 0.1) is 4.90 Å². The van der Waals surface area contributed by atoms with Crippen LogP contribution in [0.1, 0.15) is 44.6 Å². The molecule has 1 amide bonds. The van der Waals surface area contributed by atoms with Gasteiger partial charge in [0.2, 0.25) is 15.9 Å². The summed E-state index contributed by atoms with van der Waals surface area (Å²) >= 11 is 0. The zero-order valence-corrected chi connectivity index (χ0v) is 20.3. The first-order valence-electron chi connectivity index (χ1n) is 11.6. The Balaban J connectivity index is 1.79. The van der Waals surface area contributed by atoms with Crippen LogP contribution in [0.15, 0.2) is 46.3 Å². The fourth-order valence-electron chi connectivity index (χ4n) is 4.28. The molecule has 1 atom stereocenters. The van der Waals surface area contributed by atoms with Crippen molar-refractivity contribution in [2.45, 2.75) is 56.9 Å². The van der Waals surface area contributed by atoms with Gasteiger partial charge in [0, 0.05) is 19.6 Å². The summed E-state index contributed by atoms with van der Waals surface area (Å²) in [5.74, 6) is 0.410. The Kier molecular flexibility index (Phi) is 8.31. The third-order valence-corrected chi connectivity index (χ3v) is 7.79. The maximum Gasteiger partial charge on any atom is 0.241 e. The Morgan fingerprint density at radius 1 is 1.15 bits per heavy atom. The van der Waals surface area contributed by atoms with E-state index < -0.39 is 16.1 Å². The second kappa shape index (κ2) is 11.0. The third kappa shape index (κ3) is 6.68. The number of nitrogens with two attached hydrogens (primary N) is 2.